The van der Waals surface area contributed by atoms with Gasteiger partial charge in [0.25, 0.3) is 0 Å². The first-order valence-electron chi connectivity index (χ1n) is 5.84. The van der Waals surface area contributed by atoms with Crippen molar-refractivity contribution in [2.45, 2.75) is 0 Å². The number of fused-ring (bicyclic) bond motifs is 1. The Balaban J connectivity index is 2.09. The Morgan fingerprint density at radius 1 is 0.722 bits per heavy atom. The third-order valence-electron chi connectivity index (χ3n) is 2.76. The van der Waals surface area contributed by atoms with E-state index >= 15 is 0 Å². The van der Waals surface area contributed by atoms with Crippen LogP contribution in [0.5, 0.6) is 0 Å². The quantitative estimate of drug-likeness (QED) is 0.536. The average molecular weight is 229 g/mol. The summed E-state index contributed by atoms with van der Waals surface area (Å²) in [6, 6.07) is 20.0. The zero-order chi connectivity index (χ0) is 12.2. The van der Waals surface area contributed by atoms with Gasteiger partial charge in [0, 0.05) is 22.7 Å². The van der Waals surface area contributed by atoms with Gasteiger partial charge in [-0.1, -0.05) is 42.2 Å². The highest BCUT2D eigenvalue weighted by atomic mass is 14.6. The van der Waals surface area contributed by atoms with Crippen molar-refractivity contribution in [3.05, 3.63) is 78.0 Å². The molecule has 0 saturated heterocycles. The van der Waals surface area contributed by atoms with E-state index in [0.717, 1.165) is 22.0 Å². The molecular weight excluding hydrogens is 218 g/mol. The average Bonchev–Trinajstić information content (AvgIpc) is 2.46. The molecule has 0 aliphatic heterocycles. The van der Waals surface area contributed by atoms with Crippen molar-refractivity contribution in [3.8, 4) is 11.8 Å². The Morgan fingerprint density at radius 3 is 2.50 bits per heavy atom. The van der Waals surface area contributed by atoms with Crippen LogP contribution in [-0.2, 0) is 0 Å². The topological polar surface area (TPSA) is 12.9 Å². The smallest absolute Gasteiger partial charge is 0.0714 e. The second-order valence-electron chi connectivity index (χ2n) is 3.99. The Kier molecular flexibility index (Phi) is 2.77. The lowest BCUT2D eigenvalue weighted by molar-refractivity contribution is 1.41. The fourth-order valence-corrected chi connectivity index (χ4v) is 1.87. The van der Waals surface area contributed by atoms with Gasteiger partial charge in [0.15, 0.2) is 0 Å². The molecule has 1 aromatic heterocycles. The maximum Gasteiger partial charge on any atom is 0.0714 e. The molecule has 84 valence electrons. The highest BCUT2D eigenvalue weighted by molar-refractivity contribution is 5.84. The molecule has 1 heteroatoms. The molecule has 1 heterocycles. The highest BCUT2D eigenvalue weighted by Gasteiger charge is 1.97. The van der Waals surface area contributed by atoms with Gasteiger partial charge in [-0.3, -0.25) is 4.98 Å². The van der Waals surface area contributed by atoms with Crippen molar-refractivity contribution in [3.63, 3.8) is 0 Å². The van der Waals surface area contributed by atoms with E-state index in [2.05, 4.69) is 22.9 Å². The van der Waals surface area contributed by atoms with Crippen LogP contribution in [0.25, 0.3) is 10.9 Å². The zero-order valence-electron chi connectivity index (χ0n) is 9.80. The summed E-state index contributed by atoms with van der Waals surface area (Å²) in [5, 5.41) is 1.10. The molecule has 0 aliphatic carbocycles. The molecule has 0 unspecified atom stereocenters. The van der Waals surface area contributed by atoms with Crippen LogP contribution in [0.4, 0.5) is 0 Å². The van der Waals surface area contributed by atoms with Crippen molar-refractivity contribution in [1.82, 2.24) is 4.98 Å². The summed E-state index contributed by atoms with van der Waals surface area (Å²) in [5.74, 6) is 6.39. The molecule has 2 aromatic carbocycles. The summed E-state index contributed by atoms with van der Waals surface area (Å²) in [7, 11) is 0. The molecular formula is C17H11N. The van der Waals surface area contributed by atoms with Crippen LogP contribution in [-0.4, -0.2) is 4.98 Å². The predicted molar refractivity (Wildman–Crippen MR) is 74.2 cm³/mol. The van der Waals surface area contributed by atoms with E-state index in [0.29, 0.717) is 0 Å². The Labute approximate surface area is 106 Å². The second-order valence-corrected chi connectivity index (χ2v) is 3.99. The third kappa shape index (κ3) is 2.09. The van der Waals surface area contributed by atoms with Gasteiger partial charge in [0.1, 0.15) is 0 Å². The minimum absolute atomic E-state index is 0.984. The molecule has 3 rings (SSSR count). The molecule has 0 fully saturated rings. The van der Waals surface area contributed by atoms with E-state index in [1.807, 2.05) is 54.6 Å². The van der Waals surface area contributed by atoms with Gasteiger partial charge in [-0.15, -0.1) is 0 Å². The van der Waals surface area contributed by atoms with Crippen molar-refractivity contribution >= 4 is 10.9 Å². The predicted octanol–water partition coefficient (Wildman–Crippen LogP) is 3.63. The first-order valence-corrected chi connectivity index (χ1v) is 5.84. The van der Waals surface area contributed by atoms with Crippen LogP contribution < -0.4 is 0 Å². The number of rotatable bonds is 0. The van der Waals surface area contributed by atoms with Crippen LogP contribution >= 0.6 is 0 Å². The molecule has 0 amide bonds. The van der Waals surface area contributed by atoms with Gasteiger partial charge in [0.2, 0.25) is 0 Å². The molecule has 0 spiro atoms. The Bertz CT molecular complexity index is 728. The zero-order valence-corrected chi connectivity index (χ0v) is 9.80. The van der Waals surface area contributed by atoms with Crippen LogP contribution in [0.3, 0.4) is 0 Å². The monoisotopic (exact) mass is 229 g/mol. The lowest BCUT2D eigenvalue weighted by Gasteiger charge is -1.98. The maximum atomic E-state index is 4.33. The van der Waals surface area contributed by atoms with E-state index in [4.69, 9.17) is 0 Å². The van der Waals surface area contributed by atoms with E-state index in [1.54, 1.807) is 6.20 Å². The maximum absolute atomic E-state index is 4.33. The van der Waals surface area contributed by atoms with Gasteiger partial charge in [-0.25, -0.2) is 0 Å². The van der Waals surface area contributed by atoms with Gasteiger partial charge in [-0.2, -0.15) is 0 Å². The number of hydrogen-bond acceptors (Lipinski definition) is 1. The fourth-order valence-electron chi connectivity index (χ4n) is 1.87. The Hall–Kier alpha value is -2.59. The van der Waals surface area contributed by atoms with Crippen molar-refractivity contribution in [1.29, 1.82) is 0 Å². The Morgan fingerprint density at radius 2 is 1.61 bits per heavy atom. The van der Waals surface area contributed by atoms with E-state index < -0.39 is 0 Å². The second kappa shape index (κ2) is 4.73. The van der Waals surface area contributed by atoms with Crippen molar-refractivity contribution in [2.24, 2.45) is 0 Å². The van der Waals surface area contributed by atoms with Crippen LogP contribution in [0.1, 0.15) is 11.1 Å². The SMILES string of the molecule is C(#Cc1cccc2ncccc12)c1ccccc1. The number of aromatic nitrogens is 1. The minimum Gasteiger partial charge on any atom is -0.256 e. The lowest BCUT2D eigenvalue weighted by Crippen LogP contribution is -1.82. The lowest BCUT2D eigenvalue weighted by atomic mass is 10.1. The van der Waals surface area contributed by atoms with Crippen molar-refractivity contribution in [2.75, 3.05) is 0 Å². The van der Waals surface area contributed by atoms with E-state index in [1.165, 1.54) is 0 Å². The molecule has 1 nitrogen and oxygen atoms in total. The summed E-state index contributed by atoms with van der Waals surface area (Å²) < 4.78 is 0. The van der Waals surface area contributed by atoms with Gasteiger partial charge >= 0.3 is 0 Å². The summed E-state index contributed by atoms with van der Waals surface area (Å²) in [6.07, 6.45) is 1.80. The van der Waals surface area contributed by atoms with Gasteiger partial charge in [0.05, 0.1) is 5.52 Å². The molecule has 0 radical (unpaired) electrons. The summed E-state index contributed by atoms with van der Waals surface area (Å²) in [4.78, 5) is 4.33. The number of nitrogens with zero attached hydrogens (tertiary/aromatic N) is 1. The standard InChI is InChI=1S/C17H11N/c1-2-6-14(7-3-1)11-12-15-8-4-10-17-16(15)9-5-13-18-17/h1-10,13H. The molecule has 0 saturated carbocycles. The molecule has 0 atom stereocenters. The fraction of sp³-hybridized carbons (Fsp3) is 0. The van der Waals surface area contributed by atoms with E-state index in [9.17, 15) is 0 Å². The molecule has 0 bridgehead atoms. The molecule has 0 N–H and O–H groups in total. The molecule has 18 heavy (non-hydrogen) atoms. The van der Waals surface area contributed by atoms with Crippen LogP contribution in [0.2, 0.25) is 0 Å². The molecule has 3 aromatic rings. The highest BCUT2D eigenvalue weighted by Crippen LogP contribution is 2.15. The van der Waals surface area contributed by atoms with Gasteiger partial charge < -0.3 is 0 Å². The minimum atomic E-state index is 0.984. The first-order chi connectivity index (χ1) is 8.93. The number of hydrogen-bond donors (Lipinski definition) is 0. The summed E-state index contributed by atoms with van der Waals surface area (Å²) in [6.45, 7) is 0. The van der Waals surface area contributed by atoms with Crippen LogP contribution in [0, 0.1) is 11.8 Å². The van der Waals surface area contributed by atoms with Crippen LogP contribution in [0.15, 0.2) is 66.9 Å². The number of pyridine rings is 1. The normalized spacial score (nSPS) is 9.78. The number of benzene rings is 2. The first kappa shape index (κ1) is 10.6. The largest absolute Gasteiger partial charge is 0.256 e. The third-order valence-corrected chi connectivity index (χ3v) is 2.76. The van der Waals surface area contributed by atoms with E-state index in [-0.39, 0.29) is 0 Å². The van der Waals surface area contributed by atoms with Gasteiger partial charge in [-0.05, 0) is 30.3 Å². The molecule has 0 aliphatic rings. The summed E-state index contributed by atoms with van der Waals surface area (Å²) >= 11 is 0. The van der Waals surface area contributed by atoms with Crippen molar-refractivity contribution < 1.29 is 0 Å². The summed E-state index contributed by atoms with van der Waals surface area (Å²) in [5.41, 5.74) is 3.03.